The normalized spacial score (nSPS) is 24.2. The van der Waals surface area contributed by atoms with Crippen molar-refractivity contribution in [2.24, 2.45) is 0 Å². The van der Waals surface area contributed by atoms with E-state index >= 15 is 0 Å². The van der Waals surface area contributed by atoms with Crippen LogP contribution >= 0.6 is 0 Å². The molecule has 0 radical (unpaired) electrons. The van der Waals surface area contributed by atoms with E-state index in [2.05, 4.69) is 0 Å². The molecule has 0 saturated heterocycles. The minimum absolute atomic E-state index is 0.0270. The average Bonchev–Trinajstić information content (AvgIpc) is 2.88. The van der Waals surface area contributed by atoms with Gasteiger partial charge in [0.25, 0.3) is 0 Å². The third-order valence-corrected chi connectivity index (χ3v) is 4.32. The lowest BCUT2D eigenvalue weighted by Crippen LogP contribution is -2.32. The highest BCUT2D eigenvalue weighted by atomic mass is 16.6. The molecule has 2 aromatic rings. The Kier molecular flexibility index (Phi) is 2.75. The van der Waals surface area contributed by atoms with Crippen LogP contribution in [-0.2, 0) is 5.79 Å². The van der Waals surface area contributed by atoms with Crippen molar-refractivity contribution in [3.63, 3.8) is 0 Å². The molecule has 2 atom stereocenters. The van der Waals surface area contributed by atoms with Crippen LogP contribution in [-0.4, -0.2) is 17.0 Å². The predicted octanol–water partition coefficient (Wildman–Crippen LogP) is 2.57. The molecule has 1 aliphatic carbocycles. The number of hydrogen-bond donors (Lipinski definition) is 2. The molecule has 0 fully saturated rings. The Morgan fingerprint density at radius 3 is 2.83 bits per heavy atom. The number of nitrogens with two attached hydrogens (primary N) is 1. The van der Waals surface area contributed by atoms with Gasteiger partial charge in [0.2, 0.25) is 5.79 Å². The first-order chi connectivity index (χ1) is 10.9. The van der Waals surface area contributed by atoms with Gasteiger partial charge in [-0.15, -0.1) is 0 Å². The van der Waals surface area contributed by atoms with Crippen LogP contribution in [0.5, 0.6) is 11.5 Å². The van der Waals surface area contributed by atoms with E-state index in [9.17, 15) is 9.90 Å². The first-order valence-electron chi connectivity index (χ1n) is 7.57. The van der Waals surface area contributed by atoms with Crippen LogP contribution in [0.25, 0.3) is 0 Å². The Morgan fingerprint density at radius 1 is 1.30 bits per heavy atom. The fourth-order valence-corrected chi connectivity index (χ4v) is 3.44. The maximum Gasteiger partial charge on any atom is 0.250 e. The summed E-state index contributed by atoms with van der Waals surface area (Å²) in [6.07, 6.45) is 0.0270. The first-order valence-corrected chi connectivity index (χ1v) is 7.57. The molecule has 0 saturated carbocycles. The molecule has 5 heteroatoms. The first kappa shape index (κ1) is 14.1. The second kappa shape index (κ2) is 4.49. The summed E-state index contributed by atoms with van der Waals surface area (Å²) in [6.45, 7) is 3.86. The summed E-state index contributed by atoms with van der Waals surface area (Å²) in [7, 11) is 0. The lowest BCUT2D eigenvalue weighted by Gasteiger charge is -2.22. The van der Waals surface area contributed by atoms with Crippen LogP contribution in [0.4, 0.5) is 5.69 Å². The van der Waals surface area contributed by atoms with Gasteiger partial charge in [-0.2, -0.15) is 0 Å². The molecule has 118 valence electrons. The zero-order valence-corrected chi connectivity index (χ0v) is 12.9. The highest BCUT2D eigenvalue weighted by Crippen LogP contribution is 2.56. The molecule has 4 rings (SSSR count). The quantitative estimate of drug-likeness (QED) is 0.833. The smallest absolute Gasteiger partial charge is 0.250 e. The zero-order chi connectivity index (χ0) is 16.4. The number of carbonyl (C=O) groups is 1. The minimum atomic E-state index is -1.69. The van der Waals surface area contributed by atoms with Gasteiger partial charge in [-0.3, -0.25) is 4.79 Å². The number of hydrogen-bond acceptors (Lipinski definition) is 5. The van der Waals surface area contributed by atoms with Crippen molar-refractivity contribution >= 4 is 11.5 Å². The topological polar surface area (TPSA) is 81.8 Å². The highest BCUT2D eigenvalue weighted by molar-refractivity contribution is 6.11. The minimum Gasteiger partial charge on any atom is -0.491 e. The van der Waals surface area contributed by atoms with E-state index in [4.69, 9.17) is 15.2 Å². The second-order valence-electron chi connectivity index (χ2n) is 6.23. The van der Waals surface area contributed by atoms with Crippen molar-refractivity contribution in [2.45, 2.75) is 31.7 Å². The van der Waals surface area contributed by atoms with Crippen molar-refractivity contribution in [3.05, 3.63) is 53.1 Å². The van der Waals surface area contributed by atoms with Gasteiger partial charge >= 0.3 is 0 Å². The number of ketones is 1. The van der Waals surface area contributed by atoms with E-state index in [1.165, 1.54) is 0 Å². The number of anilines is 1. The van der Waals surface area contributed by atoms with Crippen LogP contribution < -0.4 is 15.2 Å². The number of aliphatic hydroxyl groups is 1. The molecular formula is C18H17NO4. The average molecular weight is 311 g/mol. The molecule has 1 unspecified atom stereocenters. The zero-order valence-electron chi connectivity index (χ0n) is 12.9. The summed E-state index contributed by atoms with van der Waals surface area (Å²) < 4.78 is 11.4. The maximum absolute atomic E-state index is 12.8. The molecule has 0 spiro atoms. The Hall–Kier alpha value is -2.53. The van der Waals surface area contributed by atoms with Crippen molar-refractivity contribution < 1.29 is 19.4 Å². The van der Waals surface area contributed by atoms with Crippen molar-refractivity contribution in [3.8, 4) is 11.5 Å². The number of nitrogen functional groups attached to an aromatic ring is 1. The van der Waals surface area contributed by atoms with E-state index in [0.29, 0.717) is 33.9 Å². The lowest BCUT2D eigenvalue weighted by molar-refractivity contribution is -0.134. The third-order valence-electron chi connectivity index (χ3n) is 4.32. The Balaban J connectivity index is 1.83. The molecule has 1 heterocycles. The van der Waals surface area contributed by atoms with E-state index in [1.807, 2.05) is 13.8 Å². The van der Waals surface area contributed by atoms with Crippen molar-refractivity contribution in [2.75, 3.05) is 5.73 Å². The number of rotatable bonds is 2. The van der Waals surface area contributed by atoms with E-state index in [-0.39, 0.29) is 11.9 Å². The van der Waals surface area contributed by atoms with Crippen LogP contribution in [0.3, 0.4) is 0 Å². The van der Waals surface area contributed by atoms with Crippen molar-refractivity contribution in [1.29, 1.82) is 0 Å². The number of benzene rings is 2. The SMILES string of the molecule is CC(C)Oc1ccc2c(c1)O[C@]1(O)c3cccc(N)c3C(=O)C21. The van der Waals surface area contributed by atoms with Crippen LogP contribution in [0.15, 0.2) is 36.4 Å². The largest absolute Gasteiger partial charge is 0.491 e. The standard InChI is InChI=1S/C18H17NO4/c1-9(2)22-10-6-7-11-14(8-10)23-18(21)12-4-3-5-13(19)15(12)17(20)16(11)18/h3-9,16,21H,19H2,1-2H3/t16?,18-/m1/s1. The van der Waals surface area contributed by atoms with Crippen LogP contribution in [0.2, 0.25) is 0 Å². The van der Waals surface area contributed by atoms with Crippen molar-refractivity contribution in [1.82, 2.24) is 0 Å². The van der Waals surface area contributed by atoms with Gasteiger partial charge in [0, 0.05) is 22.9 Å². The van der Waals surface area contributed by atoms with Gasteiger partial charge < -0.3 is 20.3 Å². The molecule has 2 aliphatic rings. The van der Waals surface area contributed by atoms with Gasteiger partial charge in [0.1, 0.15) is 17.4 Å². The molecule has 0 amide bonds. The van der Waals surface area contributed by atoms with Crippen LogP contribution in [0, 0.1) is 0 Å². The summed E-state index contributed by atoms with van der Waals surface area (Å²) in [5.41, 5.74) is 7.71. The summed E-state index contributed by atoms with van der Waals surface area (Å²) in [6, 6.07) is 10.3. The Labute approximate surface area is 133 Å². The molecule has 3 N–H and O–H groups in total. The molecule has 0 bridgehead atoms. The number of Topliss-reactive ketones (excluding diaryl/α,β-unsaturated/α-hetero) is 1. The van der Waals surface area contributed by atoms with E-state index < -0.39 is 11.7 Å². The van der Waals surface area contributed by atoms with E-state index in [1.54, 1.807) is 36.4 Å². The summed E-state index contributed by atoms with van der Waals surface area (Å²) >= 11 is 0. The fourth-order valence-electron chi connectivity index (χ4n) is 3.44. The van der Waals surface area contributed by atoms with Gasteiger partial charge in [0.05, 0.1) is 11.7 Å². The Morgan fingerprint density at radius 2 is 2.09 bits per heavy atom. The second-order valence-corrected chi connectivity index (χ2v) is 6.23. The summed E-state index contributed by atoms with van der Waals surface area (Å²) in [5, 5.41) is 11.0. The molecule has 2 aromatic carbocycles. The number of fused-ring (bicyclic) bond motifs is 5. The van der Waals surface area contributed by atoms with Gasteiger partial charge in [-0.05, 0) is 26.0 Å². The highest BCUT2D eigenvalue weighted by Gasteiger charge is 2.59. The fraction of sp³-hybridized carbons (Fsp3) is 0.278. The molecule has 5 nitrogen and oxygen atoms in total. The molecule has 1 aliphatic heterocycles. The van der Waals surface area contributed by atoms with Crippen LogP contribution in [0.1, 0.15) is 41.3 Å². The number of carbonyl (C=O) groups excluding carboxylic acids is 1. The maximum atomic E-state index is 12.8. The van der Waals surface area contributed by atoms with E-state index in [0.717, 1.165) is 0 Å². The third kappa shape index (κ3) is 1.80. The molecular weight excluding hydrogens is 294 g/mol. The molecule has 23 heavy (non-hydrogen) atoms. The van der Waals surface area contributed by atoms with Gasteiger partial charge in [-0.25, -0.2) is 0 Å². The monoisotopic (exact) mass is 311 g/mol. The summed E-state index contributed by atoms with van der Waals surface area (Å²) in [4.78, 5) is 12.8. The molecule has 0 aromatic heterocycles. The summed E-state index contributed by atoms with van der Waals surface area (Å²) in [5.74, 6) is -1.58. The predicted molar refractivity (Wildman–Crippen MR) is 84.7 cm³/mol. The Bertz CT molecular complexity index is 830. The lowest BCUT2D eigenvalue weighted by atomic mass is 9.92. The van der Waals surface area contributed by atoms with Gasteiger partial charge in [-0.1, -0.05) is 18.2 Å². The van der Waals surface area contributed by atoms with Gasteiger partial charge in [0.15, 0.2) is 5.78 Å². The number of ether oxygens (including phenoxy) is 2.